The van der Waals surface area contributed by atoms with Crippen molar-refractivity contribution in [2.24, 2.45) is 0 Å². The van der Waals surface area contributed by atoms with Gasteiger partial charge in [-0.15, -0.1) is 0 Å². The summed E-state index contributed by atoms with van der Waals surface area (Å²) in [6.45, 7) is 0. The molecule has 3 aromatic rings. The van der Waals surface area contributed by atoms with Crippen LogP contribution in [0.4, 0.5) is 5.82 Å². The molecule has 1 saturated carbocycles. The predicted octanol–water partition coefficient (Wildman–Crippen LogP) is 4.05. The van der Waals surface area contributed by atoms with Gasteiger partial charge < -0.3 is 15.2 Å². The van der Waals surface area contributed by atoms with Gasteiger partial charge >= 0.3 is 6.01 Å². The molecular weight excluding hydrogens is 340 g/mol. The van der Waals surface area contributed by atoms with Crippen molar-refractivity contribution in [2.45, 2.75) is 37.8 Å². The van der Waals surface area contributed by atoms with Crippen molar-refractivity contribution in [3.05, 3.63) is 60.9 Å². The van der Waals surface area contributed by atoms with Crippen molar-refractivity contribution in [3.8, 4) is 23.0 Å². The van der Waals surface area contributed by atoms with Gasteiger partial charge in [-0.1, -0.05) is 24.3 Å². The summed E-state index contributed by atoms with van der Waals surface area (Å²) >= 11 is 0. The molecule has 0 radical (unpaired) electrons. The Kier molecular flexibility index (Phi) is 5.25. The Morgan fingerprint density at radius 2 is 1.70 bits per heavy atom. The normalized spacial score (nSPS) is 19.4. The van der Waals surface area contributed by atoms with Crippen LogP contribution in [0.3, 0.4) is 0 Å². The van der Waals surface area contributed by atoms with Gasteiger partial charge in [0.05, 0.1) is 17.4 Å². The van der Waals surface area contributed by atoms with Gasteiger partial charge in [0, 0.05) is 18.4 Å². The second kappa shape index (κ2) is 8.14. The van der Waals surface area contributed by atoms with E-state index in [4.69, 9.17) is 4.74 Å². The number of anilines is 1. The van der Waals surface area contributed by atoms with Crippen LogP contribution in [0.15, 0.2) is 60.9 Å². The molecule has 0 unspecified atom stereocenters. The van der Waals surface area contributed by atoms with E-state index < -0.39 is 0 Å². The van der Waals surface area contributed by atoms with Gasteiger partial charge in [-0.3, -0.25) is 4.98 Å². The number of benzene rings is 1. The summed E-state index contributed by atoms with van der Waals surface area (Å²) in [5.74, 6) is 1.39. The molecule has 2 aromatic heterocycles. The fraction of sp³-hybridized carbons (Fsp3) is 0.286. The highest BCUT2D eigenvalue weighted by Crippen LogP contribution is 2.30. The van der Waals surface area contributed by atoms with Crippen LogP contribution in [0.5, 0.6) is 11.8 Å². The number of hydrogen-bond donors (Lipinski definition) is 2. The molecule has 0 bridgehead atoms. The smallest absolute Gasteiger partial charge is 0.323 e. The predicted molar refractivity (Wildman–Crippen MR) is 104 cm³/mol. The standard InChI is InChI=1S/C21H22N4O2/c26-16-11-9-15(10-12-16)24-20-18(19-8-4-5-13-22-19)14-23-21(25-20)27-17-6-2-1-3-7-17/h1-8,13-16,26H,9-12H2,(H,23,24,25). The summed E-state index contributed by atoms with van der Waals surface area (Å²) in [5.41, 5.74) is 1.64. The molecule has 27 heavy (non-hydrogen) atoms. The number of nitrogens with one attached hydrogen (secondary N) is 1. The maximum Gasteiger partial charge on any atom is 0.323 e. The van der Waals surface area contributed by atoms with E-state index in [2.05, 4.69) is 20.3 Å². The number of aliphatic hydroxyl groups is 1. The molecule has 138 valence electrons. The van der Waals surface area contributed by atoms with E-state index in [0.29, 0.717) is 17.6 Å². The van der Waals surface area contributed by atoms with Gasteiger partial charge in [0.2, 0.25) is 0 Å². The molecule has 2 heterocycles. The van der Waals surface area contributed by atoms with Crippen LogP contribution in [-0.4, -0.2) is 32.2 Å². The zero-order chi connectivity index (χ0) is 18.5. The Labute approximate surface area is 158 Å². The second-order valence-corrected chi connectivity index (χ2v) is 6.69. The first-order valence-corrected chi connectivity index (χ1v) is 9.24. The summed E-state index contributed by atoms with van der Waals surface area (Å²) in [5, 5.41) is 13.3. The first-order valence-electron chi connectivity index (χ1n) is 9.24. The summed E-state index contributed by atoms with van der Waals surface area (Å²) in [6.07, 6.45) is 6.71. The molecule has 1 fully saturated rings. The maximum absolute atomic E-state index is 9.75. The highest BCUT2D eigenvalue weighted by molar-refractivity contribution is 5.72. The SMILES string of the molecule is OC1CCC(Nc2nc(Oc3ccccc3)ncc2-c2ccccn2)CC1. The van der Waals surface area contributed by atoms with E-state index in [0.717, 1.165) is 36.9 Å². The minimum absolute atomic E-state index is 0.194. The van der Waals surface area contributed by atoms with Crippen LogP contribution < -0.4 is 10.1 Å². The van der Waals surface area contributed by atoms with Crippen molar-refractivity contribution in [1.82, 2.24) is 15.0 Å². The van der Waals surface area contributed by atoms with Crippen LogP contribution in [0, 0.1) is 0 Å². The quantitative estimate of drug-likeness (QED) is 0.713. The van der Waals surface area contributed by atoms with E-state index in [9.17, 15) is 5.11 Å². The molecular formula is C21H22N4O2. The van der Waals surface area contributed by atoms with Crippen LogP contribution in [0.1, 0.15) is 25.7 Å². The Balaban J connectivity index is 1.62. The second-order valence-electron chi connectivity index (χ2n) is 6.69. The lowest BCUT2D eigenvalue weighted by Gasteiger charge is -2.27. The van der Waals surface area contributed by atoms with Gasteiger partial charge in [0.15, 0.2) is 0 Å². The third-order valence-corrected chi connectivity index (χ3v) is 4.70. The zero-order valence-electron chi connectivity index (χ0n) is 15.0. The largest absolute Gasteiger partial charge is 0.424 e. The van der Waals surface area contributed by atoms with Gasteiger partial charge in [0.1, 0.15) is 11.6 Å². The van der Waals surface area contributed by atoms with E-state index >= 15 is 0 Å². The van der Waals surface area contributed by atoms with Gasteiger partial charge in [-0.2, -0.15) is 4.98 Å². The number of hydrogen-bond acceptors (Lipinski definition) is 6. The molecule has 4 rings (SSSR count). The van der Waals surface area contributed by atoms with Crippen molar-refractivity contribution in [2.75, 3.05) is 5.32 Å². The first-order chi connectivity index (χ1) is 13.3. The fourth-order valence-corrected chi connectivity index (χ4v) is 3.24. The third kappa shape index (κ3) is 4.41. The van der Waals surface area contributed by atoms with E-state index in [1.54, 1.807) is 12.4 Å². The number of aromatic nitrogens is 3. The minimum Gasteiger partial charge on any atom is -0.424 e. The van der Waals surface area contributed by atoms with Gasteiger partial charge in [0.25, 0.3) is 0 Å². The molecule has 1 aliphatic rings. The summed E-state index contributed by atoms with van der Waals surface area (Å²) in [4.78, 5) is 13.4. The summed E-state index contributed by atoms with van der Waals surface area (Å²) < 4.78 is 5.79. The van der Waals surface area contributed by atoms with Crippen molar-refractivity contribution in [3.63, 3.8) is 0 Å². The average molecular weight is 362 g/mol. The summed E-state index contributed by atoms with van der Waals surface area (Å²) in [7, 11) is 0. The number of ether oxygens (including phenoxy) is 1. The number of pyridine rings is 1. The minimum atomic E-state index is -0.194. The Hall–Kier alpha value is -2.99. The van der Waals surface area contributed by atoms with Gasteiger partial charge in [-0.05, 0) is 49.9 Å². The molecule has 0 amide bonds. The zero-order valence-corrected chi connectivity index (χ0v) is 15.0. The first kappa shape index (κ1) is 17.4. The topological polar surface area (TPSA) is 80.2 Å². The lowest BCUT2D eigenvalue weighted by atomic mass is 9.93. The van der Waals surface area contributed by atoms with Crippen molar-refractivity contribution >= 4 is 5.82 Å². The molecule has 6 nitrogen and oxygen atoms in total. The molecule has 0 saturated heterocycles. The highest BCUT2D eigenvalue weighted by atomic mass is 16.5. The molecule has 6 heteroatoms. The molecule has 0 spiro atoms. The van der Waals surface area contributed by atoms with Crippen molar-refractivity contribution in [1.29, 1.82) is 0 Å². The van der Waals surface area contributed by atoms with E-state index in [1.807, 2.05) is 48.5 Å². The Morgan fingerprint density at radius 3 is 2.44 bits per heavy atom. The molecule has 1 aromatic carbocycles. The molecule has 1 aliphatic carbocycles. The molecule has 0 aliphatic heterocycles. The van der Waals surface area contributed by atoms with Gasteiger partial charge in [-0.25, -0.2) is 4.98 Å². The lowest BCUT2D eigenvalue weighted by molar-refractivity contribution is 0.126. The summed E-state index contributed by atoms with van der Waals surface area (Å²) in [6, 6.07) is 15.8. The number of nitrogens with zero attached hydrogens (tertiary/aromatic N) is 3. The van der Waals surface area contributed by atoms with Crippen molar-refractivity contribution < 1.29 is 9.84 Å². The number of aliphatic hydroxyl groups excluding tert-OH is 1. The number of para-hydroxylation sites is 1. The Morgan fingerprint density at radius 1 is 0.926 bits per heavy atom. The fourth-order valence-electron chi connectivity index (χ4n) is 3.24. The monoisotopic (exact) mass is 362 g/mol. The number of rotatable bonds is 5. The molecule has 0 atom stereocenters. The van der Waals surface area contributed by atoms with E-state index in [-0.39, 0.29) is 12.1 Å². The lowest BCUT2D eigenvalue weighted by Crippen LogP contribution is -2.28. The van der Waals surface area contributed by atoms with Crippen LogP contribution in [0.25, 0.3) is 11.3 Å². The maximum atomic E-state index is 9.75. The van der Waals surface area contributed by atoms with Crippen LogP contribution in [0.2, 0.25) is 0 Å². The Bertz CT molecular complexity index is 866. The van der Waals surface area contributed by atoms with Crippen LogP contribution in [-0.2, 0) is 0 Å². The van der Waals surface area contributed by atoms with E-state index in [1.165, 1.54) is 0 Å². The highest BCUT2D eigenvalue weighted by Gasteiger charge is 2.21. The average Bonchev–Trinajstić information content (AvgIpc) is 2.71. The van der Waals surface area contributed by atoms with Crippen LogP contribution >= 0.6 is 0 Å². The molecule has 2 N–H and O–H groups in total. The third-order valence-electron chi connectivity index (χ3n) is 4.70.